The number of ether oxygens (including phenoxy) is 4. The standard InChI is InChI=1S/C23H41N3O6S/c1-22(2,3)32-21(28)25-13-11-9-7-6-8-10-12-24-20-26-15(14-33-20)17-16(27)18-19(29-17)31-23(4,5)30-18/h15-19,27H,6-14H2,1-5H3,(H,24,26)(H,25,28)/t15-,16+,17-,18-,19-/m1/s1. The molecule has 10 heteroatoms. The number of nitrogens with one attached hydrogen (secondary N) is 2. The third-order valence-electron chi connectivity index (χ3n) is 5.67. The van der Waals surface area contributed by atoms with Gasteiger partial charge in [0.2, 0.25) is 0 Å². The molecule has 0 spiro atoms. The Labute approximate surface area is 201 Å². The molecule has 3 aliphatic heterocycles. The number of unbranched alkanes of at least 4 members (excludes halogenated alkanes) is 5. The van der Waals surface area contributed by atoms with Crippen LogP contribution >= 0.6 is 11.8 Å². The molecule has 3 aliphatic rings. The molecule has 1 amide bonds. The van der Waals surface area contributed by atoms with E-state index in [1.165, 1.54) is 6.42 Å². The number of hydrogen-bond donors (Lipinski definition) is 3. The predicted molar refractivity (Wildman–Crippen MR) is 128 cm³/mol. The van der Waals surface area contributed by atoms with Crippen LogP contribution < -0.4 is 10.6 Å². The molecule has 33 heavy (non-hydrogen) atoms. The average Bonchev–Trinajstić information content (AvgIpc) is 3.36. The van der Waals surface area contributed by atoms with Crippen LogP contribution in [0, 0.1) is 0 Å². The summed E-state index contributed by atoms with van der Waals surface area (Å²) in [4.78, 5) is 16.2. The van der Waals surface area contributed by atoms with Crippen LogP contribution in [0.1, 0.15) is 73.1 Å². The summed E-state index contributed by atoms with van der Waals surface area (Å²) >= 11 is 1.67. The van der Waals surface area contributed by atoms with Crippen molar-refractivity contribution in [3.8, 4) is 0 Å². The zero-order valence-corrected chi connectivity index (χ0v) is 21.4. The fourth-order valence-electron chi connectivity index (χ4n) is 4.16. The zero-order chi connectivity index (χ0) is 24.1. The highest BCUT2D eigenvalue weighted by molar-refractivity contribution is 8.14. The first-order valence-electron chi connectivity index (χ1n) is 12.1. The van der Waals surface area contributed by atoms with Crippen LogP contribution in [0.3, 0.4) is 0 Å². The van der Waals surface area contributed by atoms with Gasteiger partial charge in [-0.2, -0.15) is 0 Å². The molecule has 0 aliphatic carbocycles. The first kappa shape index (κ1) is 26.5. The maximum atomic E-state index is 11.6. The Morgan fingerprint density at radius 2 is 1.88 bits per heavy atom. The van der Waals surface area contributed by atoms with Crippen LogP contribution in [-0.2, 0) is 18.9 Å². The van der Waals surface area contributed by atoms with E-state index in [1.54, 1.807) is 11.8 Å². The number of alkyl carbamates (subject to hydrolysis) is 1. The van der Waals surface area contributed by atoms with E-state index < -0.39 is 29.9 Å². The number of carbonyl (C=O) groups excluding carboxylic acids is 1. The number of amidine groups is 1. The van der Waals surface area contributed by atoms with Crippen molar-refractivity contribution in [3.05, 3.63) is 0 Å². The van der Waals surface area contributed by atoms with Crippen LogP contribution in [0.25, 0.3) is 0 Å². The third kappa shape index (κ3) is 8.28. The van der Waals surface area contributed by atoms with E-state index in [0.29, 0.717) is 6.54 Å². The van der Waals surface area contributed by atoms with Gasteiger partial charge in [0.1, 0.15) is 23.9 Å². The van der Waals surface area contributed by atoms with Crippen LogP contribution in [0.15, 0.2) is 4.99 Å². The quantitative estimate of drug-likeness (QED) is 0.403. The molecule has 0 aromatic rings. The van der Waals surface area contributed by atoms with Crippen molar-refractivity contribution < 1.29 is 28.8 Å². The van der Waals surface area contributed by atoms with Gasteiger partial charge in [-0.1, -0.05) is 37.4 Å². The van der Waals surface area contributed by atoms with E-state index in [1.807, 2.05) is 34.6 Å². The van der Waals surface area contributed by atoms with Gasteiger partial charge in [0, 0.05) is 18.8 Å². The Morgan fingerprint density at radius 3 is 2.58 bits per heavy atom. The minimum absolute atomic E-state index is 0.000971. The minimum Gasteiger partial charge on any atom is -0.444 e. The van der Waals surface area contributed by atoms with Gasteiger partial charge in [-0.05, 0) is 47.5 Å². The monoisotopic (exact) mass is 487 g/mol. The lowest BCUT2D eigenvalue weighted by Gasteiger charge is -2.26. The number of thioether (sulfide) groups is 1. The molecule has 0 aromatic heterocycles. The normalized spacial score (nSPS) is 32.1. The number of carbonyl (C=O) groups is 1. The smallest absolute Gasteiger partial charge is 0.407 e. The largest absolute Gasteiger partial charge is 0.444 e. The van der Waals surface area contributed by atoms with E-state index in [-0.39, 0.29) is 18.2 Å². The lowest BCUT2D eigenvalue weighted by atomic mass is 10.1. The number of aliphatic hydroxyl groups is 1. The highest BCUT2D eigenvalue weighted by atomic mass is 32.2. The van der Waals surface area contributed by atoms with Gasteiger partial charge in [-0.3, -0.25) is 4.99 Å². The molecule has 9 nitrogen and oxygen atoms in total. The van der Waals surface area contributed by atoms with E-state index >= 15 is 0 Å². The van der Waals surface area contributed by atoms with Crippen molar-refractivity contribution in [3.63, 3.8) is 0 Å². The summed E-state index contributed by atoms with van der Waals surface area (Å²) in [6, 6.07) is -0.000971. The maximum Gasteiger partial charge on any atom is 0.407 e. The Kier molecular flexibility index (Phi) is 9.31. The van der Waals surface area contributed by atoms with Crippen molar-refractivity contribution in [2.75, 3.05) is 18.8 Å². The molecule has 0 aromatic carbocycles. The highest BCUT2D eigenvalue weighted by Crippen LogP contribution is 2.39. The summed E-state index contributed by atoms with van der Waals surface area (Å²) < 4.78 is 22.7. The molecule has 3 fully saturated rings. The molecule has 190 valence electrons. The summed E-state index contributed by atoms with van der Waals surface area (Å²) in [5.41, 5.74) is -0.452. The number of fused-ring (bicyclic) bond motifs is 1. The number of hydrogen-bond acceptors (Lipinski definition) is 8. The van der Waals surface area contributed by atoms with Crippen molar-refractivity contribution in [1.29, 1.82) is 0 Å². The number of aliphatic hydroxyl groups excluding tert-OH is 1. The van der Waals surface area contributed by atoms with Crippen molar-refractivity contribution >= 4 is 23.0 Å². The summed E-state index contributed by atoms with van der Waals surface area (Å²) in [6.45, 7) is 10.7. The molecule has 0 unspecified atom stereocenters. The summed E-state index contributed by atoms with van der Waals surface area (Å²) in [5.74, 6) is 0.0868. The van der Waals surface area contributed by atoms with Crippen molar-refractivity contribution in [2.24, 2.45) is 4.99 Å². The molecular weight excluding hydrogens is 446 g/mol. The average molecular weight is 488 g/mol. The van der Waals surface area contributed by atoms with E-state index in [0.717, 1.165) is 49.6 Å². The van der Waals surface area contributed by atoms with E-state index in [4.69, 9.17) is 18.9 Å². The summed E-state index contributed by atoms with van der Waals surface area (Å²) in [7, 11) is 0. The molecule has 0 radical (unpaired) electrons. The molecule has 3 rings (SSSR count). The van der Waals surface area contributed by atoms with Crippen molar-refractivity contribution in [1.82, 2.24) is 10.6 Å². The second-order valence-corrected chi connectivity index (χ2v) is 11.4. The number of nitrogens with zero attached hydrogens (tertiary/aromatic N) is 1. The van der Waals surface area contributed by atoms with Gasteiger partial charge in [0.25, 0.3) is 0 Å². The first-order chi connectivity index (χ1) is 15.5. The maximum absolute atomic E-state index is 11.6. The number of amides is 1. The predicted octanol–water partition coefficient (Wildman–Crippen LogP) is 3.15. The van der Waals surface area contributed by atoms with E-state index in [9.17, 15) is 9.90 Å². The minimum atomic E-state index is -0.720. The molecule has 3 N–H and O–H groups in total. The van der Waals surface area contributed by atoms with Crippen LogP contribution in [0.2, 0.25) is 0 Å². The Bertz CT molecular complexity index is 684. The van der Waals surface area contributed by atoms with Crippen LogP contribution in [0.5, 0.6) is 0 Å². The third-order valence-corrected chi connectivity index (χ3v) is 6.71. The second kappa shape index (κ2) is 11.6. The van der Waals surface area contributed by atoms with Gasteiger partial charge in [-0.15, -0.1) is 0 Å². The Hall–Kier alpha value is -1.07. The van der Waals surface area contributed by atoms with Crippen molar-refractivity contribution in [2.45, 2.75) is 115 Å². The lowest BCUT2D eigenvalue weighted by molar-refractivity contribution is -0.216. The fraction of sp³-hybridized carbons (Fsp3) is 0.913. The molecular formula is C23H41N3O6S. The molecule has 0 bridgehead atoms. The zero-order valence-electron chi connectivity index (χ0n) is 20.6. The van der Waals surface area contributed by atoms with Gasteiger partial charge in [0.05, 0.1) is 6.04 Å². The SMILES string of the molecule is CC(C)(C)OC(=O)NCCCCCCCCN=C1N[C@@H]([C@H]2O[C@@H]3OC(C)(C)O[C@@H]3[C@H]2O)CS1. The lowest BCUT2D eigenvalue weighted by Crippen LogP contribution is -2.46. The molecule has 3 saturated heterocycles. The Morgan fingerprint density at radius 1 is 1.18 bits per heavy atom. The second-order valence-electron chi connectivity index (χ2n) is 10.4. The van der Waals surface area contributed by atoms with E-state index in [2.05, 4.69) is 15.6 Å². The number of rotatable bonds is 10. The molecule has 0 saturated carbocycles. The number of aliphatic imine (C=N–C) groups is 1. The summed E-state index contributed by atoms with van der Waals surface area (Å²) in [5, 5.41) is 17.7. The van der Waals surface area contributed by atoms with Gasteiger partial charge >= 0.3 is 6.09 Å². The Balaban J connectivity index is 1.21. The topological polar surface area (TPSA) is 111 Å². The first-order valence-corrected chi connectivity index (χ1v) is 13.1. The molecule has 5 atom stereocenters. The van der Waals surface area contributed by atoms with Crippen LogP contribution in [-0.4, -0.2) is 77.2 Å². The highest BCUT2D eigenvalue weighted by Gasteiger charge is 2.56. The summed E-state index contributed by atoms with van der Waals surface area (Å²) in [6.07, 6.45) is 4.21. The van der Waals surface area contributed by atoms with Gasteiger partial charge in [-0.25, -0.2) is 4.79 Å². The van der Waals surface area contributed by atoms with Crippen LogP contribution in [0.4, 0.5) is 4.79 Å². The van der Waals surface area contributed by atoms with Gasteiger partial charge in [0.15, 0.2) is 17.2 Å². The fourth-order valence-corrected chi connectivity index (χ4v) is 5.18. The van der Waals surface area contributed by atoms with Gasteiger partial charge < -0.3 is 34.7 Å². The molecule has 3 heterocycles.